The van der Waals surface area contributed by atoms with Gasteiger partial charge in [0, 0.05) is 6.07 Å². The first-order valence-corrected chi connectivity index (χ1v) is 7.25. The van der Waals surface area contributed by atoms with E-state index in [1.54, 1.807) is 12.1 Å². The van der Waals surface area contributed by atoms with Gasteiger partial charge in [0.1, 0.15) is 22.8 Å². The highest BCUT2D eigenvalue weighted by molar-refractivity contribution is 8.00. The summed E-state index contributed by atoms with van der Waals surface area (Å²) in [6.45, 7) is 0. The molecule has 1 aliphatic rings. The molecule has 2 nitrogen and oxygen atoms in total. The van der Waals surface area contributed by atoms with Gasteiger partial charge in [-0.2, -0.15) is 0 Å². The van der Waals surface area contributed by atoms with Crippen molar-refractivity contribution < 1.29 is 18.0 Å². The normalized spacial score (nSPS) is 18.3. The average molecular weight is 309 g/mol. The lowest BCUT2D eigenvalue weighted by Gasteiger charge is -2.24. The molecule has 1 fully saturated rings. The van der Waals surface area contributed by atoms with E-state index in [0.717, 1.165) is 12.1 Å². The molecule has 2 aromatic carbocycles. The number of thioether (sulfide) groups is 1. The molecular formula is C15H10F3NOS. The lowest BCUT2D eigenvalue weighted by atomic mass is 10.2. The smallest absolute Gasteiger partial charge is 0.238 e. The number of rotatable bonds is 2. The number of hydrogen-bond acceptors (Lipinski definition) is 2. The van der Waals surface area contributed by atoms with Crippen LogP contribution in [0.1, 0.15) is 10.9 Å². The van der Waals surface area contributed by atoms with Crippen LogP contribution in [0.4, 0.5) is 18.9 Å². The highest BCUT2D eigenvalue weighted by Gasteiger charge is 2.35. The van der Waals surface area contributed by atoms with Gasteiger partial charge in [0.15, 0.2) is 0 Å². The minimum atomic E-state index is -0.794. The predicted octanol–water partition coefficient (Wildman–Crippen LogP) is 3.88. The van der Waals surface area contributed by atoms with E-state index in [9.17, 15) is 18.0 Å². The molecule has 0 N–H and O–H groups in total. The molecule has 108 valence electrons. The lowest BCUT2D eigenvalue weighted by Crippen LogP contribution is -2.28. The second-order valence-electron chi connectivity index (χ2n) is 4.57. The van der Waals surface area contributed by atoms with Crippen LogP contribution in [0.15, 0.2) is 42.5 Å². The summed E-state index contributed by atoms with van der Waals surface area (Å²) in [4.78, 5) is 13.3. The van der Waals surface area contributed by atoms with Gasteiger partial charge in [0.25, 0.3) is 0 Å². The van der Waals surface area contributed by atoms with Crippen LogP contribution in [-0.2, 0) is 4.79 Å². The van der Waals surface area contributed by atoms with Crippen LogP contribution in [0.3, 0.4) is 0 Å². The van der Waals surface area contributed by atoms with E-state index in [4.69, 9.17) is 0 Å². The van der Waals surface area contributed by atoms with Gasteiger partial charge in [0.2, 0.25) is 5.91 Å². The summed E-state index contributed by atoms with van der Waals surface area (Å²) in [5.41, 5.74) is 0.719. The molecule has 1 aliphatic heterocycles. The predicted molar refractivity (Wildman–Crippen MR) is 75.4 cm³/mol. The Morgan fingerprint density at radius 2 is 1.67 bits per heavy atom. The van der Waals surface area contributed by atoms with Crippen LogP contribution >= 0.6 is 11.8 Å². The van der Waals surface area contributed by atoms with Gasteiger partial charge in [-0.3, -0.25) is 9.69 Å². The fraction of sp³-hybridized carbons (Fsp3) is 0.133. The third-order valence-corrected chi connectivity index (χ3v) is 4.40. The van der Waals surface area contributed by atoms with Crippen molar-refractivity contribution in [3.63, 3.8) is 0 Å². The Bertz CT molecular complexity index is 690. The molecule has 0 aromatic heterocycles. The molecule has 6 heteroatoms. The average Bonchev–Trinajstić information content (AvgIpc) is 2.82. The first-order chi connectivity index (χ1) is 10.1. The van der Waals surface area contributed by atoms with Crippen molar-refractivity contribution in [1.82, 2.24) is 0 Å². The van der Waals surface area contributed by atoms with Gasteiger partial charge in [0.05, 0.1) is 11.4 Å². The van der Waals surface area contributed by atoms with Gasteiger partial charge in [-0.1, -0.05) is 12.1 Å². The van der Waals surface area contributed by atoms with Crippen LogP contribution in [0.25, 0.3) is 0 Å². The molecule has 2 aromatic rings. The minimum Gasteiger partial charge on any atom is -0.292 e. The molecule has 0 aliphatic carbocycles. The van der Waals surface area contributed by atoms with Gasteiger partial charge < -0.3 is 0 Å². The highest BCUT2D eigenvalue weighted by atomic mass is 32.2. The van der Waals surface area contributed by atoms with Gasteiger partial charge in [-0.25, -0.2) is 13.2 Å². The zero-order valence-corrected chi connectivity index (χ0v) is 11.5. The summed E-state index contributed by atoms with van der Waals surface area (Å²) in [6.07, 6.45) is 0. The van der Waals surface area contributed by atoms with Gasteiger partial charge in [-0.15, -0.1) is 11.8 Å². The Kier molecular flexibility index (Phi) is 3.63. The largest absolute Gasteiger partial charge is 0.292 e. The minimum absolute atomic E-state index is 0.0284. The van der Waals surface area contributed by atoms with E-state index < -0.39 is 17.0 Å². The maximum atomic E-state index is 13.9. The van der Waals surface area contributed by atoms with E-state index >= 15 is 0 Å². The molecule has 1 atom stereocenters. The Morgan fingerprint density at radius 3 is 2.33 bits per heavy atom. The third-order valence-electron chi connectivity index (χ3n) is 3.19. The van der Waals surface area contributed by atoms with Crippen molar-refractivity contribution in [2.45, 2.75) is 5.37 Å². The van der Waals surface area contributed by atoms with Crippen molar-refractivity contribution in [2.24, 2.45) is 0 Å². The number of halogens is 3. The first kappa shape index (κ1) is 14.0. The van der Waals surface area contributed by atoms with Crippen molar-refractivity contribution in [3.05, 3.63) is 65.5 Å². The quantitative estimate of drug-likeness (QED) is 0.839. The molecule has 0 spiro atoms. The molecule has 0 saturated carbocycles. The van der Waals surface area contributed by atoms with Crippen molar-refractivity contribution in [2.75, 3.05) is 10.7 Å². The van der Waals surface area contributed by atoms with Crippen LogP contribution in [0, 0.1) is 17.5 Å². The van der Waals surface area contributed by atoms with Gasteiger partial charge >= 0.3 is 0 Å². The van der Waals surface area contributed by atoms with Gasteiger partial charge in [-0.05, 0) is 29.8 Å². The number of benzene rings is 2. The van der Waals surface area contributed by atoms with E-state index in [1.165, 1.54) is 34.9 Å². The Labute approximate surface area is 123 Å². The monoisotopic (exact) mass is 309 g/mol. The van der Waals surface area contributed by atoms with Crippen molar-refractivity contribution in [1.29, 1.82) is 0 Å². The van der Waals surface area contributed by atoms with Crippen LogP contribution in [0.2, 0.25) is 0 Å². The molecule has 1 saturated heterocycles. The molecule has 1 amide bonds. The number of hydrogen-bond donors (Lipinski definition) is 0. The zero-order chi connectivity index (χ0) is 15.0. The number of anilines is 1. The van der Waals surface area contributed by atoms with E-state index in [2.05, 4.69) is 0 Å². The number of carbonyl (C=O) groups excluding carboxylic acids is 1. The molecule has 3 rings (SSSR count). The lowest BCUT2D eigenvalue weighted by molar-refractivity contribution is -0.115. The van der Waals surface area contributed by atoms with Crippen molar-refractivity contribution >= 4 is 23.4 Å². The van der Waals surface area contributed by atoms with Crippen LogP contribution in [-0.4, -0.2) is 11.7 Å². The second kappa shape index (κ2) is 5.44. The topological polar surface area (TPSA) is 20.3 Å². The molecular weight excluding hydrogens is 299 g/mol. The maximum absolute atomic E-state index is 13.9. The van der Waals surface area contributed by atoms with Crippen LogP contribution in [0.5, 0.6) is 0 Å². The van der Waals surface area contributed by atoms with E-state index in [0.29, 0.717) is 5.56 Å². The number of carbonyl (C=O) groups is 1. The van der Waals surface area contributed by atoms with E-state index in [-0.39, 0.29) is 23.2 Å². The molecule has 0 radical (unpaired) electrons. The fourth-order valence-corrected chi connectivity index (χ4v) is 3.40. The summed E-state index contributed by atoms with van der Waals surface area (Å²) < 4.78 is 39.9. The number of nitrogens with zero attached hydrogens (tertiary/aromatic N) is 1. The molecule has 1 heterocycles. The molecule has 0 bridgehead atoms. The Hall–Kier alpha value is -1.95. The number of amides is 1. The maximum Gasteiger partial charge on any atom is 0.238 e. The zero-order valence-electron chi connectivity index (χ0n) is 10.7. The standard InChI is InChI=1S/C15H10F3NOS/c16-10-3-1-9(2-4-10)15-19(14(20)8-21-15)13-6-5-11(17)7-12(13)18/h1-7,15H,8H2/t15-/m0/s1. The summed E-state index contributed by atoms with van der Waals surface area (Å²) >= 11 is 1.32. The summed E-state index contributed by atoms with van der Waals surface area (Å²) in [5.74, 6) is -1.95. The summed E-state index contributed by atoms with van der Waals surface area (Å²) in [7, 11) is 0. The van der Waals surface area contributed by atoms with Crippen molar-refractivity contribution in [3.8, 4) is 0 Å². The summed E-state index contributed by atoms with van der Waals surface area (Å²) in [5, 5.41) is -0.446. The fourth-order valence-electron chi connectivity index (χ4n) is 2.24. The highest BCUT2D eigenvalue weighted by Crippen LogP contribution is 2.42. The van der Waals surface area contributed by atoms with Crippen LogP contribution < -0.4 is 4.90 Å². The molecule has 21 heavy (non-hydrogen) atoms. The molecule has 0 unspecified atom stereocenters. The van der Waals surface area contributed by atoms with E-state index in [1.807, 2.05) is 0 Å². The third kappa shape index (κ3) is 2.63. The Balaban J connectivity index is 2.01. The Morgan fingerprint density at radius 1 is 1.00 bits per heavy atom. The SMILES string of the molecule is O=C1CS[C@@H](c2ccc(F)cc2)N1c1ccc(F)cc1F. The first-order valence-electron chi connectivity index (χ1n) is 6.20. The summed E-state index contributed by atoms with van der Waals surface area (Å²) in [6, 6.07) is 8.78. The second-order valence-corrected chi connectivity index (χ2v) is 5.64.